The summed E-state index contributed by atoms with van der Waals surface area (Å²) in [5, 5.41) is 1.07. The van der Waals surface area contributed by atoms with E-state index >= 15 is 0 Å². The molecule has 0 fully saturated rings. The van der Waals surface area contributed by atoms with Gasteiger partial charge in [-0.05, 0) is 81.4 Å². The predicted octanol–water partition coefficient (Wildman–Crippen LogP) is 10.3. The van der Waals surface area contributed by atoms with E-state index in [9.17, 15) is 9.59 Å². The topological polar surface area (TPSA) is 55.8 Å². The zero-order valence-corrected chi connectivity index (χ0v) is 30.6. The van der Waals surface area contributed by atoms with Crippen molar-refractivity contribution in [1.29, 1.82) is 0 Å². The maximum absolute atomic E-state index is 14.3. The molecule has 0 bridgehead atoms. The fourth-order valence-corrected chi connectivity index (χ4v) is 8.41. The number of hydrogen-bond acceptors (Lipinski definition) is 5. The average molecular weight is 738 g/mol. The number of rotatable bonds is 8. The monoisotopic (exact) mass is 735 g/mol. The molecule has 3 aromatic rings. The summed E-state index contributed by atoms with van der Waals surface area (Å²) in [5.41, 5.74) is 6.01. The molecule has 0 aromatic heterocycles. The van der Waals surface area contributed by atoms with Gasteiger partial charge >= 0.3 is 0 Å². The molecule has 0 amide bonds. The Kier molecular flexibility index (Phi) is 9.43. The van der Waals surface area contributed by atoms with Gasteiger partial charge in [0.1, 0.15) is 6.61 Å². The maximum atomic E-state index is 14.3. The Labute approximate surface area is 296 Å². The first-order valence-corrected chi connectivity index (χ1v) is 17.6. The maximum Gasteiger partial charge on any atom is 0.175 e. The van der Waals surface area contributed by atoms with E-state index in [4.69, 9.17) is 32.7 Å². The zero-order chi connectivity index (χ0) is 33.7. The lowest BCUT2D eigenvalue weighted by Crippen LogP contribution is -2.45. The van der Waals surface area contributed by atoms with Gasteiger partial charge in [0.2, 0.25) is 0 Å². The second-order valence-electron chi connectivity index (χ2n) is 14.5. The van der Waals surface area contributed by atoms with Gasteiger partial charge in [0.05, 0.1) is 11.6 Å². The fraction of sp³-hybridized carbons (Fsp3) is 0.385. The molecule has 2 aliphatic carbocycles. The number of carbonyl (C=O) groups is 2. The first kappa shape index (κ1) is 33.8. The van der Waals surface area contributed by atoms with Gasteiger partial charge in [0, 0.05) is 63.5 Å². The molecule has 246 valence electrons. The minimum Gasteiger partial charge on any atom is -0.493 e. The first-order valence-electron chi connectivity index (χ1n) is 16.0. The number of halogens is 3. The number of allylic oxidation sites excluding steroid dienone is 4. The fourth-order valence-electron chi connectivity index (χ4n) is 7.37. The van der Waals surface area contributed by atoms with Gasteiger partial charge < -0.3 is 14.4 Å². The number of nitrogens with zero attached hydrogens (tertiary/aromatic N) is 1. The van der Waals surface area contributed by atoms with Gasteiger partial charge in [-0.15, -0.1) is 0 Å². The molecule has 47 heavy (non-hydrogen) atoms. The molecule has 3 aromatic carbocycles. The summed E-state index contributed by atoms with van der Waals surface area (Å²) in [4.78, 5) is 30.9. The number of ketones is 2. The molecule has 0 radical (unpaired) electrons. The van der Waals surface area contributed by atoms with Crippen molar-refractivity contribution < 1.29 is 19.1 Å². The molecule has 1 heterocycles. The largest absolute Gasteiger partial charge is 0.493 e. The number of Topliss-reactive ketones (excluding diaryl/α,β-unsaturated/α-hetero) is 2. The van der Waals surface area contributed by atoms with Crippen LogP contribution in [0.4, 0.5) is 0 Å². The van der Waals surface area contributed by atoms with Gasteiger partial charge in [-0.3, -0.25) is 9.59 Å². The van der Waals surface area contributed by atoms with E-state index in [-0.39, 0.29) is 29.0 Å². The number of ether oxygens (including phenoxy) is 2. The van der Waals surface area contributed by atoms with Crippen molar-refractivity contribution >= 4 is 50.7 Å². The van der Waals surface area contributed by atoms with Crippen LogP contribution in [0.2, 0.25) is 10.0 Å². The third-order valence-electron chi connectivity index (χ3n) is 9.46. The van der Waals surface area contributed by atoms with Gasteiger partial charge in [-0.2, -0.15) is 0 Å². The summed E-state index contributed by atoms with van der Waals surface area (Å²) < 4.78 is 12.8. The second-order valence-corrected chi connectivity index (χ2v) is 16.2. The summed E-state index contributed by atoms with van der Waals surface area (Å²) in [6.45, 7) is 9.56. The molecule has 8 heteroatoms. The van der Waals surface area contributed by atoms with Crippen molar-refractivity contribution in [3.63, 3.8) is 0 Å². The summed E-state index contributed by atoms with van der Waals surface area (Å²) in [6.07, 6.45) is 3.18. The van der Waals surface area contributed by atoms with E-state index in [2.05, 4.69) is 72.8 Å². The number of methoxy groups -OCH3 is 1. The van der Waals surface area contributed by atoms with Crippen LogP contribution in [0.5, 0.6) is 11.5 Å². The molecule has 0 saturated heterocycles. The standard InChI is InChI=1S/C39H40BrCl2NO4/c1-38(2)18-29-35(31(44)20-38)34(25-15-27(40)37(33(16-25)46-5)47-22-24-11-12-26(41)17-28(24)42)36-30(19-39(3,4)21-32(36)45)43(29)14-13-23-9-7-6-8-10-23/h6-12,15-17,34H,13-14,18-22H2,1-5H3. The van der Waals surface area contributed by atoms with Crippen molar-refractivity contribution in [2.75, 3.05) is 13.7 Å². The molecule has 0 saturated carbocycles. The zero-order valence-electron chi connectivity index (χ0n) is 27.5. The lowest BCUT2D eigenvalue weighted by molar-refractivity contribution is -0.119. The van der Waals surface area contributed by atoms with Gasteiger partial charge in [-0.25, -0.2) is 0 Å². The highest BCUT2D eigenvalue weighted by Crippen LogP contribution is 2.55. The van der Waals surface area contributed by atoms with Crippen LogP contribution in [0.1, 0.15) is 76.0 Å². The Morgan fingerprint density at radius 3 is 2.04 bits per heavy atom. The molecule has 0 N–H and O–H groups in total. The number of hydrogen-bond donors (Lipinski definition) is 0. The van der Waals surface area contributed by atoms with Crippen LogP contribution in [0, 0.1) is 10.8 Å². The Morgan fingerprint density at radius 2 is 1.47 bits per heavy atom. The second kappa shape index (κ2) is 13.1. The molecule has 3 aliphatic rings. The minimum absolute atomic E-state index is 0.0999. The molecule has 0 spiro atoms. The van der Waals surface area contributed by atoms with Crippen molar-refractivity contribution in [2.45, 2.75) is 72.3 Å². The van der Waals surface area contributed by atoms with Gasteiger partial charge in [0.25, 0.3) is 0 Å². The van der Waals surface area contributed by atoms with Crippen molar-refractivity contribution in [3.8, 4) is 11.5 Å². The van der Waals surface area contributed by atoms with Crippen LogP contribution in [-0.4, -0.2) is 30.1 Å². The Bertz CT molecular complexity index is 1760. The summed E-state index contributed by atoms with van der Waals surface area (Å²) in [6, 6.07) is 19.6. The third-order valence-corrected chi connectivity index (χ3v) is 10.6. The molecule has 6 rings (SSSR count). The Hall–Kier alpha value is -3.06. The van der Waals surface area contributed by atoms with E-state index in [1.807, 2.05) is 24.3 Å². The van der Waals surface area contributed by atoms with E-state index in [1.54, 1.807) is 19.2 Å². The van der Waals surface area contributed by atoms with Crippen molar-refractivity contribution in [2.24, 2.45) is 10.8 Å². The van der Waals surface area contributed by atoms with Crippen LogP contribution in [0.15, 0.2) is 87.7 Å². The highest BCUT2D eigenvalue weighted by Gasteiger charge is 2.49. The van der Waals surface area contributed by atoms with Crippen LogP contribution < -0.4 is 9.47 Å². The molecule has 1 aliphatic heterocycles. The van der Waals surface area contributed by atoms with E-state index in [0.29, 0.717) is 45.4 Å². The summed E-state index contributed by atoms with van der Waals surface area (Å²) >= 11 is 16.3. The summed E-state index contributed by atoms with van der Waals surface area (Å²) in [5.74, 6) is 0.719. The number of carbonyl (C=O) groups excluding carboxylic acids is 2. The Balaban J connectivity index is 1.47. The van der Waals surface area contributed by atoms with Crippen LogP contribution in [-0.2, 0) is 22.6 Å². The Morgan fingerprint density at radius 1 is 0.851 bits per heavy atom. The van der Waals surface area contributed by atoms with Crippen molar-refractivity contribution in [1.82, 2.24) is 4.90 Å². The average Bonchev–Trinajstić information content (AvgIpc) is 2.99. The van der Waals surface area contributed by atoms with E-state index in [0.717, 1.165) is 52.9 Å². The molecular formula is C39H40BrCl2NO4. The molecular weight excluding hydrogens is 697 g/mol. The lowest BCUT2D eigenvalue weighted by atomic mass is 9.63. The van der Waals surface area contributed by atoms with Crippen LogP contribution in [0.25, 0.3) is 0 Å². The van der Waals surface area contributed by atoms with Gasteiger partial charge in [0.15, 0.2) is 23.1 Å². The number of benzene rings is 3. The van der Waals surface area contributed by atoms with E-state index < -0.39 is 5.92 Å². The predicted molar refractivity (Wildman–Crippen MR) is 191 cm³/mol. The SMILES string of the molecule is COc1cc(C2C3=C(CC(C)(C)CC3=O)N(CCc3ccccc3)C3=C2C(=O)CC(C)(C)C3)cc(Br)c1OCc1ccc(Cl)cc1Cl. The lowest BCUT2D eigenvalue weighted by Gasteiger charge is -2.49. The molecule has 0 atom stereocenters. The quantitative estimate of drug-likeness (QED) is 0.230. The van der Waals surface area contributed by atoms with Crippen molar-refractivity contribution in [3.05, 3.63) is 114 Å². The van der Waals surface area contributed by atoms with Crippen LogP contribution >= 0.6 is 39.1 Å². The highest BCUT2D eigenvalue weighted by molar-refractivity contribution is 9.10. The third kappa shape index (κ3) is 6.93. The van der Waals surface area contributed by atoms with E-state index in [1.165, 1.54) is 5.56 Å². The van der Waals surface area contributed by atoms with Gasteiger partial charge in [-0.1, -0.05) is 87.3 Å². The minimum atomic E-state index is -0.495. The highest BCUT2D eigenvalue weighted by atomic mass is 79.9. The summed E-state index contributed by atoms with van der Waals surface area (Å²) in [7, 11) is 1.60. The molecule has 5 nitrogen and oxygen atoms in total. The molecule has 0 unspecified atom stereocenters. The van der Waals surface area contributed by atoms with Crippen LogP contribution in [0.3, 0.4) is 0 Å². The first-order chi connectivity index (χ1) is 22.3. The smallest absolute Gasteiger partial charge is 0.175 e. The normalized spacial score (nSPS) is 19.1.